The predicted molar refractivity (Wildman–Crippen MR) is 170 cm³/mol. The van der Waals surface area contributed by atoms with Crippen LogP contribution in [-0.4, -0.2) is 54.1 Å². The van der Waals surface area contributed by atoms with Crippen LogP contribution in [-0.2, 0) is 19.5 Å². The molecule has 0 fully saturated rings. The van der Waals surface area contributed by atoms with Gasteiger partial charge >= 0.3 is 0 Å². The number of fused-ring (bicyclic) bond motifs is 2. The quantitative estimate of drug-likeness (QED) is 0.220. The number of likely N-dealkylation sites (N-methyl/N-ethyl adjacent to an activating group) is 1. The molecule has 222 valence electrons. The number of anilines is 1. The van der Waals surface area contributed by atoms with E-state index < -0.39 is 0 Å². The molecule has 3 aromatic carbocycles. The Morgan fingerprint density at radius 3 is 2.34 bits per heavy atom. The molecule has 8 nitrogen and oxygen atoms in total. The van der Waals surface area contributed by atoms with Crippen LogP contribution >= 0.6 is 0 Å². The highest BCUT2D eigenvalue weighted by Gasteiger charge is 2.28. The van der Waals surface area contributed by atoms with Crippen molar-refractivity contribution >= 4 is 17.5 Å². The maximum atomic E-state index is 14.2. The number of methoxy groups -OCH3 is 2. The molecule has 0 bridgehead atoms. The Hall–Kier alpha value is -5.37. The van der Waals surface area contributed by atoms with Crippen LogP contribution in [0, 0.1) is 0 Å². The summed E-state index contributed by atoms with van der Waals surface area (Å²) in [4.78, 5) is 35.4. The molecule has 2 aromatic heterocycles. The van der Waals surface area contributed by atoms with Crippen LogP contribution in [0.3, 0.4) is 0 Å². The highest BCUT2D eigenvalue weighted by atomic mass is 16.5. The normalized spacial score (nSPS) is 12.1. The number of pyridine rings is 1. The monoisotopic (exact) mass is 586 g/mol. The number of para-hydroxylation sites is 2. The molecule has 0 saturated heterocycles. The van der Waals surface area contributed by atoms with Gasteiger partial charge in [0, 0.05) is 54.1 Å². The van der Waals surface area contributed by atoms with Gasteiger partial charge in [0.05, 0.1) is 27.3 Å². The zero-order valence-corrected chi connectivity index (χ0v) is 25.1. The number of nitrogens with zero attached hydrogens (tertiary/aromatic N) is 4. The number of hydrogen-bond donors (Lipinski definition) is 0. The molecule has 2 amide bonds. The summed E-state index contributed by atoms with van der Waals surface area (Å²) in [6.45, 7) is 1.38. The molecule has 3 heterocycles. The lowest BCUT2D eigenvalue weighted by molar-refractivity contribution is 0.0786. The molecule has 0 saturated carbocycles. The summed E-state index contributed by atoms with van der Waals surface area (Å²) in [5, 5.41) is 0. The second-order valence-corrected chi connectivity index (χ2v) is 10.8. The SMILES string of the molecule is COc1ccccc1-c1ccc(C(=O)N2Cc3ccc(C(=O)N(C)CCc4ccncc4)n3Cc3ccccc32)cc1OC. The number of carbonyl (C=O) groups excluding carboxylic acids is 2. The summed E-state index contributed by atoms with van der Waals surface area (Å²) >= 11 is 0. The van der Waals surface area contributed by atoms with Gasteiger partial charge in [-0.3, -0.25) is 14.6 Å². The molecular formula is C36H34N4O4. The van der Waals surface area contributed by atoms with E-state index in [1.165, 1.54) is 0 Å². The topological polar surface area (TPSA) is 76.9 Å². The van der Waals surface area contributed by atoms with Gasteiger partial charge in [0.25, 0.3) is 11.8 Å². The van der Waals surface area contributed by atoms with Gasteiger partial charge in [0.1, 0.15) is 17.2 Å². The Bertz CT molecular complexity index is 1810. The first-order valence-corrected chi connectivity index (χ1v) is 14.5. The maximum Gasteiger partial charge on any atom is 0.270 e. The van der Waals surface area contributed by atoms with Gasteiger partial charge in [-0.25, -0.2) is 0 Å². The van der Waals surface area contributed by atoms with Gasteiger partial charge in [0.15, 0.2) is 0 Å². The number of aromatic nitrogens is 2. The van der Waals surface area contributed by atoms with Crippen molar-refractivity contribution in [3.05, 3.63) is 131 Å². The zero-order chi connectivity index (χ0) is 30.6. The number of ether oxygens (including phenoxy) is 2. The van der Waals surface area contributed by atoms with E-state index in [0.717, 1.165) is 45.8 Å². The Morgan fingerprint density at radius 2 is 1.55 bits per heavy atom. The Balaban J connectivity index is 1.30. The molecule has 0 radical (unpaired) electrons. The van der Waals surface area contributed by atoms with Crippen LogP contribution in [0.1, 0.15) is 37.7 Å². The molecular weight excluding hydrogens is 552 g/mol. The smallest absolute Gasteiger partial charge is 0.270 e. The molecule has 0 N–H and O–H groups in total. The van der Waals surface area contributed by atoms with Crippen LogP contribution in [0.25, 0.3) is 11.1 Å². The minimum Gasteiger partial charge on any atom is -0.496 e. The number of rotatable bonds is 8. The average molecular weight is 587 g/mol. The van der Waals surface area contributed by atoms with Crippen LogP contribution in [0.5, 0.6) is 11.5 Å². The van der Waals surface area contributed by atoms with E-state index in [-0.39, 0.29) is 11.8 Å². The van der Waals surface area contributed by atoms with E-state index in [2.05, 4.69) is 4.98 Å². The summed E-state index contributed by atoms with van der Waals surface area (Å²) in [5.74, 6) is 1.09. The highest BCUT2D eigenvalue weighted by Crippen LogP contribution is 2.38. The van der Waals surface area contributed by atoms with Crippen LogP contribution in [0.15, 0.2) is 103 Å². The Labute approximate surface area is 257 Å². The zero-order valence-electron chi connectivity index (χ0n) is 25.1. The van der Waals surface area contributed by atoms with Gasteiger partial charge < -0.3 is 23.8 Å². The first-order chi connectivity index (χ1) is 21.5. The molecule has 0 unspecified atom stereocenters. The Morgan fingerprint density at radius 1 is 0.818 bits per heavy atom. The molecule has 5 aromatic rings. The van der Waals surface area contributed by atoms with Crippen molar-refractivity contribution in [1.82, 2.24) is 14.5 Å². The third-order valence-electron chi connectivity index (χ3n) is 8.14. The van der Waals surface area contributed by atoms with Gasteiger partial charge in [-0.15, -0.1) is 0 Å². The van der Waals surface area contributed by atoms with Crippen LogP contribution in [0.4, 0.5) is 5.69 Å². The summed E-state index contributed by atoms with van der Waals surface area (Å²) in [7, 11) is 5.06. The first-order valence-electron chi connectivity index (χ1n) is 14.5. The van der Waals surface area contributed by atoms with E-state index in [9.17, 15) is 9.59 Å². The third kappa shape index (κ3) is 5.54. The second-order valence-electron chi connectivity index (χ2n) is 10.8. The lowest BCUT2D eigenvalue weighted by Gasteiger charge is -2.23. The van der Waals surface area contributed by atoms with Crippen molar-refractivity contribution in [2.45, 2.75) is 19.5 Å². The minimum absolute atomic E-state index is 0.0563. The predicted octanol–water partition coefficient (Wildman–Crippen LogP) is 6.09. The molecule has 6 rings (SSSR count). The van der Waals surface area contributed by atoms with Gasteiger partial charge in [-0.2, -0.15) is 0 Å². The number of benzene rings is 3. The number of amides is 2. The molecule has 0 atom stereocenters. The molecule has 8 heteroatoms. The first kappa shape index (κ1) is 28.7. The fourth-order valence-corrected chi connectivity index (χ4v) is 5.74. The lowest BCUT2D eigenvalue weighted by Crippen LogP contribution is -2.31. The third-order valence-corrected chi connectivity index (χ3v) is 8.14. The summed E-state index contributed by atoms with van der Waals surface area (Å²) in [5.41, 5.74) is 6.61. The average Bonchev–Trinajstić information content (AvgIpc) is 3.39. The largest absolute Gasteiger partial charge is 0.496 e. The summed E-state index contributed by atoms with van der Waals surface area (Å²) in [6, 6.07) is 28.8. The maximum absolute atomic E-state index is 14.2. The van der Waals surface area contributed by atoms with Gasteiger partial charge in [-0.1, -0.05) is 36.4 Å². The van der Waals surface area contributed by atoms with Gasteiger partial charge in [0.2, 0.25) is 0 Å². The van der Waals surface area contributed by atoms with E-state index in [1.807, 2.05) is 96.5 Å². The van der Waals surface area contributed by atoms with E-state index in [1.54, 1.807) is 42.5 Å². The lowest BCUT2D eigenvalue weighted by atomic mass is 10.0. The molecule has 1 aliphatic heterocycles. The van der Waals surface area contributed by atoms with Crippen molar-refractivity contribution in [3.8, 4) is 22.6 Å². The van der Waals surface area contributed by atoms with Crippen molar-refractivity contribution in [3.63, 3.8) is 0 Å². The van der Waals surface area contributed by atoms with Gasteiger partial charge in [-0.05, 0) is 72.1 Å². The standard InChI is InChI=1S/C36H34N4O4/c1-38(21-18-25-16-19-37-20-17-25)36(42)32-15-13-28-24-40(31-10-6-4-8-27(31)23-39(28)32)35(41)26-12-14-30(34(22-26)44-3)29-9-5-7-11-33(29)43-2/h4-17,19-20,22H,18,21,23-24H2,1-3H3. The summed E-state index contributed by atoms with van der Waals surface area (Å²) < 4.78 is 13.3. The fraction of sp³-hybridized carbons (Fsp3) is 0.194. The molecule has 1 aliphatic rings. The highest BCUT2D eigenvalue weighted by molar-refractivity contribution is 6.07. The molecule has 44 heavy (non-hydrogen) atoms. The number of carbonyl (C=O) groups is 2. The minimum atomic E-state index is -0.153. The van der Waals surface area contributed by atoms with Crippen molar-refractivity contribution in [2.75, 3.05) is 32.7 Å². The molecule has 0 aliphatic carbocycles. The fourth-order valence-electron chi connectivity index (χ4n) is 5.74. The van der Waals surface area contributed by atoms with Crippen molar-refractivity contribution in [1.29, 1.82) is 0 Å². The van der Waals surface area contributed by atoms with Crippen LogP contribution < -0.4 is 14.4 Å². The second kappa shape index (κ2) is 12.5. The molecule has 0 spiro atoms. The number of hydrogen-bond acceptors (Lipinski definition) is 5. The van der Waals surface area contributed by atoms with Crippen LogP contribution in [0.2, 0.25) is 0 Å². The Kier molecular flexibility index (Phi) is 8.14. The van der Waals surface area contributed by atoms with E-state index in [4.69, 9.17) is 9.47 Å². The van der Waals surface area contributed by atoms with E-state index in [0.29, 0.717) is 36.6 Å². The van der Waals surface area contributed by atoms with Crippen molar-refractivity contribution in [2.24, 2.45) is 0 Å². The summed E-state index contributed by atoms with van der Waals surface area (Å²) in [6.07, 6.45) is 4.27. The van der Waals surface area contributed by atoms with Crippen molar-refractivity contribution < 1.29 is 19.1 Å². The van der Waals surface area contributed by atoms with E-state index >= 15 is 0 Å².